The minimum Gasteiger partial charge on any atom is -0.497 e. The van der Waals surface area contributed by atoms with Gasteiger partial charge in [0, 0.05) is 28.8 Å². The predicted octanol–water partition coefficient (Wildman–Crippen LogP) is 6.63. The van der Waals surface area contributed by atoms with Gasteiger partial charge in [-0.2, -0.15) is 0 Å². The molecule has 4 aromatic carbocycles. The molecule has 0 unspecified atom stereocenters. The predicted molar refractivity (Wildman–Crippen MR) is 133 cm³/mol. The maximum Gasteiger partial charge on any atom is 0.145 e. The highest BCUT2D eigenvalue weighted by atomic mass is 16.5. The van der Waals surface area contributed by atoms with Gasteiger partial charge in [-0.3, -0.25) is 5.43 Å². The van der Waals surface area contributed by atoms with Gasteiger partial charge in [0.15, 0.2) is 0 Å². The van der Waals surface area contributed by atoms with Gasteiger partial charge >= 0.3 is 0 Å². The van der Waals surface area contributed by atoms with Gasteiger partial charge in [-0.25, -0.2) is 0 Å². The highest BCUT2D eigenvalue weighted by Crippen LogP contribution is 2.30. The van der Waals surface area contributed by atoms with E-state index in [2.05, 4.69) is 21.5 Å². The van der Waals surface area contributed by atoms with Crippen molar-refractivity contribution in [2.45, 2.75) is 0 Å². The average molecular weight is 427 g/mol. The van der Waals surface area contributed by atoms with Gasteiger partial charge in [-0.1, -0.05) is 18.2 Å². The summed E-state index contributed by atoms with van der Waals surface area (Å²) >= 11 is 0. The fraction of sp³-hybridized carbons (Fsp3) is 0.0769. The molecule has 0 saturated heterocycles. The van der Waals surface area contributed by atoms with E-state index in [4.69, 9.17) is 9.47 Å². The Morgan fingerprint density at radius 1 is 0.500 bits per heavy atom. The molecular weight excluding hydrogens is 400 g/mol. The molecule has 6 nitrogen and oxygen atoms in total. The Morgan fingerprint density at radius 3 is 1.72 bits per heavy atom. The van der Waals surface area contributed by atoms with E-state index in [0.29, 0.717) is 0 Å². The van der Waals surface area contributed by atoms with Crippen molar-refractivity contribution in [2.75, 3.05) is 35.7 Å². The minimum absolute atomic E-state index is 0.733. The maximum absolute atomic E-state index is 5.55. The Morgan fingerprint density at radius 2 is 1.06 bits per heavy atom. The third-order valence-electron chi connectivity index (χ3n) is 4.87. The Bertz CT molecular complexity index is 1130. The van der Waals surface area contributed by atoms with Crippen LogP contribution in [0, 0.1) is 0 Å². The number of rotatable bonds is 9. The summed E-state index contributed by atoms with van der Waals surface area (Å²) < 4.78 is 10.7. The number of hydrazine groups is 1. The van der Waals surface area contributed by atoms with Gasteiger partial charge in [0.2, 0.25) is 0 Å². The molecule has 0 spiro atoms. The summed E-state index contributed by atoms with van der Waals surface area (Å²) in [5.41, 5.74) is 12.2. The second-order valence-corrected chi connectivity index (χ2v) is 7.09. The number of benzene rings is 4. The van der Waals surface area contributed by atoms with Crippen molar-refractivity contribution in [3.05, 3.63) is 97.1 Å². The van der Waals surface area contributed by atoms with Crippen molar-refractivity contribution < 1.29 is 9.47 Å². The topological polar surface area (TPSA) is 66.6 Å². The first-order chi connectivity index (χ1) is 15.7. The molecule has 0 aliphatic heterocycles. The first-order valence-corrected chi connectivity index (χ1v) is 10.3. The first kappa shape index (κ1) is 20.9. The lowest BCUT2D eigenvalue weighted by Crippen LogP contribution is -2.09. The zero-order valence-corrected chi connectivity index (χ0v) is 18.1. The molecule has 0 bridgehead atoms. The lowest BCUT2D eigenvalue weighted by atomic mass is 10.2. The Labute approximate surface area is 188 Å². The summed E-state index contributed by atoms with van der Waals surface area (Å²) in [6, 6.07) is 31.8. The highest BCUT2D eigenvalue weighted by molar-refractivity contribution is 5.70. The quantitative estimate of drug-likeness (QED) is 0.225. The van der Waals surface area contributed by atoms with Crippen molar-refractivity contribution in [1.29, 1.82) is 0 Å². The Kier molecular flexibility index (Phi) is 6.63. The van der Waals surface area contributed by atoms with Crippen LogP contribution in [0.1, 0.15) is 0 Å². The van der Waals surface area contributed by atoms with E-state index in [9.17, 15) is 0 Å². The largest absolute Gasteiger partial charge is 0.497 e. The monoisotopic (exact) mass is 426 g/mol. The molecule has 0 aliphatic carbocycles. The molecular formula is C26H26N4O2. The second-order valence-electron chi connectivity index (χ2n) is 7.09. The summed E-state index contributed by atoms with van der Waals surface area (Å²) in [7, 11) is 3.32. The molecule has 32 heavy (non-hydrogen) atoms. The fourth-order valence-electron chi connectivity index (χ4n) is 3.18. The number of methoxy groups -OCH3 is 2. The summed E-state index contributed by atoms with van der Waals surface area (Å²) in [4.78, 5) is 0. The summed E-state index contributed by atoms with van der Waals surface area (Å²) in [6.45, 7) is 0. The van der Waals surface area contributed by atoms with E-state index in [-0.39, 0.29) is 0 Å². The standard InChI is InChI=1S/C26H26N4O2/c1-31-24-15-12-21(13-16-24)27-20-8-10-22(11-9-20)29-30-25-17-14-23(18-26(25)32-2)28-19-6-4-3-5-7-19/h3-18,27-30H,1-2H3. The first-order valence-electron chi connectivity index (χ1n) is 10.3. The van der Waals surface area contributed by atoms with Crippen molar-refractivity contribution in [3.63, 3.8) is 0 Å². The average Bonchev–Trinajstić information content (AvgIpc) is 2.85. The van der Waals surface area contributed by atoms with Crippen LogP contribution in [-0.4, -0.2) is 14.2 Å². The molecule has 0 fully saturated rings. The number of para-hydroxylation sites is 1. The van der Waals surface area contributed by atoms with Gasteiger partial charge < -0.3 is 25.5 Å². The van der Waals surface area contributed by atoms with Crippen LogP contribution in [0.5, 0.6) is 11.5 Å². The second kappa shape index (κ2) is 10.1. The van der Waals surface area contributed by atoms with Crippen molar-refractivity contribution in [3.8, 4) is 11.5 Å². The molecule has 4 rings (SSSR count). The number of ether oxygens (including phenoxy) is 2. The van der Waals surface area contributed by atoms with E-state index in [1.54, 1.807) is 14.2 Å². The van der Waals surface area contributed by atoms with Gasteiger partial charge in [-0.15, -0.1) is 0 Å². The molecule has 4 N–H and O–H groups in total. The van der Waals surface area contributed by atoms with E-state index in [1.165, 1.54) is 0 Å². The third-order valence-corrected chi connectivity index (χ3v) is 4.87. The van der Waals surface area contributed by atoms with Crippen molar-refractivity contribution >= 4 is 34.1 Å². The van der Waals surface area contributed by atoms with Gasteiger partial charge in [-0.05, 0) is 72.8 Å². The van der Waals surface area contributed by atoms with E-state index < -0.39 is 0 Å². The maximum atomic E-state index is 5.55. The lowest BCUT2D eigenvalue weighted by Gasteiger charge is -2.15. The van der Waals surface area contributed by atoms with Crippen LogP contribution in [0.2, 0.25) is 0 Å². The number of hydrogen-bond donors (Lipinski definition) is 4. The summed E-state index contributed by atoms with van der Waals surface area (Å²) in [5.74, 6) is 1.57. The molecule has 4 aromatic rings. The molecule has 0 atom stereocenters. The SMILES string of the molecule is COc1ccc(Nc2ccc(NNc3ccc(Nc4ccccc4)cc3OC)cc2)cc1. The zero-order chi connectivity index (χ0) is 22.2. The Hall–Kier alpha value is -4.32. The third kappa shape index (κ3) is 5.43. The van der Waals surface area contributed by atoms with Crippen LogP contribution in [0.4, 0.5) is 34.1 Å². The molecule has 0 aliphatic rings. The molecule has 0 aromatic heterocycles. The zero-order valence-electron chi connectivity index (χ0n) is 18.1. The normalized spacial score (nSPS) is 10.2. The smallest absolute Gasteiger partial charge is 0.145 e. The summed E-state index contributed by atoms with van der Waals surface area (Å²) in [6.07, 6.45) is 0. The highest BCUT2D eigenvalue weighted by Gasteiger charge is 2.05. The van der Waals surface area contributed by atoms with Crippen LogP contribution in [0.3, 0.4) is 0 Å². The van der Waals surface area contributed by atoms with E-state index in [0.717, 1.165) is 45.6 Å². The minimum atomic E-state index is 0.733. The lowest BCUT2D eigenvalue weighted by molar-refractivity contribution is 0.415. The van der Waals surface area contributed by atoms with Crippen molar-refractivity contribution in [2.24, 2.45) is 0 Å². The van der Waals surface area contributed by atoms with Crippen LogP contribution >= 0.6 is 0 Å². The van der Waals surface area contributed by atoms with Crippen LogP contribution in [-0.2, 0) is 0 Å². The van der Waals surface area contributed by atoms with E-state index in [1.807, 2.05) is 97.1 Å². The Balaban J connectivity index is 1.36. The molecule has 162 valence electrons. The molecule has 0 saturated carbocycles. The number of hydrogen-bond acceptors (Lipinski definition) is 6. The summed E-state index contributed by atoms with van der Waals surface area (Å²) in [5, 5.41) is 6.74. The van der Waals surface area contributed by atoms with Gasteiger partial charge in [0.1, 0.15) is 11.5 Å². The van der Waals surface area contributed by atoms with E-state index >= 15 is 0 Å². The fourth-order valence-corrected chi connectivity index (χ4v) is 3.18. The van der Waals surface area contributed by atoms with Gasteiger partial charge in [0.25, 0.3) is 0 Å². The molecule has 0 heterocycles. The van der Waals surface area contributed by atoms with Gasteiger partial charge in [0.05, 0.1) is 25.6 Å². The van der Waals surface area contributed by atoms with Crippen LogP contribution in [0.25, 0.3) is 0 Å². The number of anilines is 6. The molecule has 0 radical (unpaired) electrons. The van der Waals surface area contributed by atoms with Crippen LogP contribution in [0.15, 0.2) is 97.1 Å². The number of nitrogens with one attached hydrogen (secondary N) is 4. The molecule has 0 amide bonds. The molecule has 6 heteroatoms. The van der Waals surface area contributed by atoms with Crippen LogP contribution < -0.4 is 31.0 Å². The van der Waals surface area contributed by atoms with Crippen molar-refractivity contribution in [1.82, 2.24) is 0 Å².